The smallest absolute Gasteiger partial charge is 0.296 e. The van der Waals surface area contributed by atoms with Gasteiger partial charge in [0.25, 0.3) is 0 Å². The predicted molar refractivity (Wildman–Crippen MR) is 79.4 cm³/mol. The molecule has 6 heteroatoms. The Kier molecular flexibility index (Phi) is 3.73. The highest BCUT2D eigenvalue weighted by Gasteiger charge is 2.37. The number of imidazole rings is 1. The Morgan fingerprint density at radius 2 is 1.65 bits per heavy atom. The van der Waals surface area contributed by atoms with Gasteiger partial charge in [-0.1, -0.05) is 42.5 Å². The van der Waals surface area contributed by atoms with Crippen molar-refractivity contribution < 1.29 is 18.0 Å². The molecule has 0 fully saturated rings. The molecule has 3 rings (SSSR count). The Morgan fingerprint density at radius 1 is 0.957 bits per heavy atom. The molecule has 0 aliphatic carbocycles. The number of halogens is 3. The van der Waals surface area contributed by atoms with Crippen molar-refractivity contribution in [1.29, 1.82) is 0 Å². The van der Waals surface area contributed by atoms with Crippen molar-refractivity contribution in [1.82, 2.24) is 9.55 Å². The molecule has 0 radical (unpaired) electrons. The van der Waals surface area contributed by atoms with E-state index < -0.39 is 12.0 Å². The van der Waals surface area contributed by atoms with Crippen LogP contribution < -0.4 is 0 Å². The zero-order chi connectivity index (χ0) is 16.4. The van der Waals surface area contributed by atoms with Crippen LogP contribution >= 0.6 is 0 Å². The van der Waals surface area contributed by atoms with Crippen molar-refractivity contribution in [2.75, 3.05) is 0 Å². The van der Waals surface area contributed by atoms with Crippen LogP contribution in [-0.4, -0.2) is 15.8 Å². The van der Waals surface area contributed by atoms with Gasteiger partial charge in [-0.2, -0.15) is 13.2 Å². The summed E-state index contributed by atoms with van der Waals surface area (Å²) >= 11 is 0. The number of alkyl halides is 3. The second-order valence-electron chi connectivity index (χ2n) is 4.87. The third-order valence-electron chi connectivity index (χ3n) is 3.37. The summed E-state index contributed by atoms with van der Waals surface area (Å²) in [6, 6.07) is 15.8. The van der Waals surface area contributed by atoms with E-state index in [2.05, 4.69) is 4.98 Å². The molecule has 0 aliphatic rings. The lowest BCUT2D eigenvalue weighted by Crippen LogP contribution is -2.15. The molecular weight excluding hydrogens is 305 g/mol. The predicted octanol–water partition coefficient (Wildman–Crippen LogP) is 4.37. The van der Waals surface area contributed by atoms with Crippen LogP contribution in [0.2, 0.25) is 0 Å². The van der Waals surface area contributed by atoms with Crippen LogP contribution in [0.5, 0.6) is 0 Å². The van der Waals surface area contributed by atoms with E-state index in [0.717, 1.165) is 21.9 Å². The number of aldehydes is 1. The van der Waals surface area contributed by atoms with E-state index in [1.807, 2.05) is 30.3 Å². The first-order valence-corrected chi connectivity index (χ1v) is 6.76. The van der Waals surface area contributed by atoms with Crippen LogP contribution in [0, 0.1) is 0 Å². The van der Waals surface area contributed by atoms with Crippen molar-refractivity contribution >= 4 is 6.29 Å². The maximum absolute atomic E-state index is 13.1. The summed E-state index contributed by atoms with van der Waals surface area (Å²) in [5.74, 6) is -1.12. The van der Waals surface area contributed by atoms with E-state index >= 15 is 0 Å². The fourth-order valence-corrected chi connectivity index (χ4v) is 2.37. The topological polar surface area (TPSA) is 34.9 Å². The van der Waals surface area contributed by atoms with Crippen LogP contribution in [0.15, 0.2) is 60.8 Å². The molecule has 1 heterocycles. The fraction of sp³-hybridized carbons (Fsp3) is 0.0588. The number of nitrogens with zero attached hydrogens (tertiary/aromatic N) is 2. The largest absolute Gasteiger partial charge is 0.450 e. The Balaban J connectivity index is 2.17. The second-order valence-corrected chi connectivity index (χ2v) is 4.87. The average molecular weight is 316 g/mol. The lowest BCUT2D eigenvalue weighted by atomic mass is 10.1. The number of benzene rings is 2. The van der Waals surface area contributed by atoms with E-state index in [4.69, 9.17) is 0 Å². The van der Waals surface area contributed by atoms with Crippen LogP contribution in [0.25, 0.3) is 16.8 Å². The Bertz CT molecular complexity index is 839. The van der Waals surface area contributed by atoms with E-state index in [9.17, 15) is 18.0 Å². The van der Waals surface area contributed by atoms with Gasteiger partial charge in [-0.3, -0.25) is 9.36 Å². The van der Waals surface area contributed by atoms with Gasteiger partial charge in [0.15, 0.2) is 6.29 Å². The molecule has 2 aromatic carbocycles. The molecule has 0 amide bonds. The highest BCUT2D eigenvalue weighted by atomic mass is 19.4. The van der Waals surface area contributed by atoms with Gasteiger partial charge in [-0.05, 0) is 23.3 Å². The van der Waals surface area contributed by atoms with Crippen molar-refractivity contribution in [2.24, 2.45) is 0 Å². The lowest BCUT2D eigenvalue weighted by molar-refractivity contribution is -0.145. The highest BCUT2D eigenvalue weighted by molar-refractivity contribution is 5.74. The Morgan fingerprint density at radius 3 is 2.30 bits per heavy atom. The first-order chi connectivity index (χ1) is 11.0. The molecule has 23 heavy (non-hydrogen) atoms. The molecule has 116 valence electrons. The Labute approximate surface area is 130 Å². The molecule has 0 unspecified atom stereocenters. The molecular formula is C17H11F3N2O. The maximum atomic E-state index is 13.1. The van der Waals surface area contributed by atoms with Crippen LogP contribution in [0.1, 0.15) is 16.3 Å². The first-order valence-electron chi connectivity index (χ1n) is 6.76. The molecule has 0 N–H and O–H groups in total. The van der Waals surface area contributed by atoms with Gasteiger partial charge in [-0.15, -0.1) is 0 Å². The van der Waals surface area contributed by atoms with Crippen molar-refractivity contribution in [2.45, 2.75) is 6.18 Å². The number of hydrogen-bond acceptors (Lipinski definition) is 2. The van der Waals surface area contributed by atoms with Gasteiger partial charge in [0.05, 0.1) is 6.20 Å². The van der Waals surface area contributed by atoms with E-state index in [-0.39, 0.29) is 11.4 Å². The first kappa shape index (κ1) is 15.0. The standard InChI is InChI=1S/C17H11F3N2O/c18-17(19,20)16-21-10-15(11-23)22(16)14-8-4-7-13(9-14)12-5-2-1-3-6-12/h1-11H. The summed E-state index contributed by atoms with van der Waals surface area (Å²) in [6.45, 7) is 0. The van der Waals surface area contributed by atoms with Crippen molar-refractivity contribution in [3.8, 4) is 16.8 Å². The van der Waals surface area contributed by atoms with Crippen LogP contribution in [-0.2, 0) is 6.18 Å². The number of carbonyl (C=O) groups is 1. The van der Waals surface area contributed by atoms with Crippen molar-refractivity contribution in [3.63, 3.8) is 0 Å². The van der Waals surface area contributed by atoms with Gasteiger partial charge in [0, 0.05) is 5.69 Å². The fourth-order valence-electron chi connectivity index (χ4n) is 2.37. The molecule has 3 nitrogen and oxygen atoms in total. The molecule has 0 saturated heterocycles. The zero-order valence-electron chi connectivity index (χ0n) is 11.8. The summed E-state index contributed by atoms with van der Waals surface area (Å²) in [5, 5.41) is 0. The monoisotopic (exact) mass is 316 g/mol. The normalized spacial score (nSPS) is 11.4. The van der Waals surface area contributed by atoms with Gasteiger partial charge < -0.3 is 0 Å². The molecule has 3 aromatic rings. The van der Waals surface area contributed by atoms with E-state index in [1.165, 1.54) is 6.07 Å². The number of rotatable bonds is 3. The maximum Gasteiger partial charge on any atom is 0.450 e. The van der Waals surface area contributed by atoms with Crippen molar-refractivity contribution in [3.05, 3.63) is 72.3 Å². The molecule has 0 saturated carbocycles. The number of carbonyl (C=O) groups excluding carboxylic acids is 1. The summed E-state index contributed by atoms with van der Waals surface area (Å²) in [6.07, 6.45) is -3.37. The molecule has 0 spiro atoms. The van der Waals surface area contributed by atoms with Gasteiger partial charge in [0.2, 0.25) is 5.82 Å². The van der Waals surface area contributed by atoms with Gasteiger partial charge >= 0.3 is 6.18 Å². The Hall–Kier alpha value is -2.89. The molecule has 0 atom stereocenters. The summed E-state index contributed by atoms with van der Waals surface area (Å²) in [4.78, 5) is 14.4. The van der Waals surface area contributed by atoms with Gasteiger partial charge in [0.1, 0.15) is 5.69 Å². The SMILES string of the molecule is O=Cc1cnc(C(F)(F)F)n1-c1cccc(-c2ccccc2)c1. The van der Waals surface area contributed by atoms with Crippen LogP contribution in [0.4, 0.5) is 13.2 Å². The quantitative estimate of drug-likeness (QED) is 0.673. The zero-order valence-corrected chi connectivity index (χ0v) is 11.8. The van der Waals surface area contributed by atoms with E-state index in [0.29, 0.717) is 6.29 Å². The minimum atomic E-state index is -4.65. The summed E-state index contributed by atoms with van der Waals surface area (Å²) < 4.78 is 40.1. The molecule has 1 aromatic heterocycles. The van der Waals surface area contributed by atoms with Crippen LogP contribution in [0.3, 0.4) is 0 Å². The third kappa shape index (κ3) is 2.88. The third-order valence-corrected chi connectivity index (χ3v) is 3.37. The highest BCUT2D eigenvalue weighted by Crippen LogP contribution is 2.32. The van der Waals surface area contributed by atoms with E-state index in [1.54, 1.807) is 18.2 Å². The minimum Gasteiger partial charge on any atom is -0.296 e. The minimum absolute atomic E-state index is 0.150. The number of hydrogen-bond donors (Lipinski definition) is 0. The lowest BCUT2D eigenvalue weighted by Gasteiger charge is -2.13. The second kappa shape index (κ2) is 5.72. The molecule has 0 aliphatic heterocycles. The summed E-state index contributed by atoms with van der Waals surface area (Å²) in [5.41, 5.74) is 1.71. The molecule has 0 bridgehead atoms. The number of aromatic nitrogens is 2. The average Bonchev–Trinajstić information content (AvgIpc) is 3.00. The summed E-state index contributed by atoms with van der Waals surface area (Å²) in [7, 11) is 0. The van der Waals surface area contributed by atoms with Gasteiger partial charge in [-0.25, -0.2) is 4.98 Å².